The number of nitrogens with zero attached hydrogens (tertiary/aromatic N) is 4. The molecule has 0 saturated heterocycles. The lowest BCUT2D eigenvalue weighted by atomic mass is 9.96. The van der Waals surface area contributed by atoms with Crippen molar-refractivity contribution in [3.8, 4) is 5.75 Å². The molecule has 0 N–H and O–H groups in total. The van der Waals surface area contributed by atoms with Gasteiger partial charge in [-0.15, -0.1) is 0 Å². The van der Waals surface area contributed by atoms with Crippen molar-refractivity contribution in [2.75, 3.05) is 13.1 Å². The molecule has 30 heavy (non-hydrogen) atoms. The summed E-state index contributed by atoms with van der Waals surface area (Å²) in [6, 6.07) is 10.9. The van der Waals surface area contributed by atoms with Gasteiger partial charge in [-0.05, 0) is 48.2 Å². The summed E-state index contributed by atoms with van der Waals surface area (Å²) in [6.07, 6.45) is 4.50. The van der Waals surface area contributed by atoms with Crippen LogP contribution in [0.1, 0.15) is 29.3 Å². The monoisotopic (exact) mass is 408 g/mol. The van der Waals surface area contributed by atoms with Gasteiger partial charge in [0, 0.05) is 25.7 Å². The van der Waals surface area contributed by atoms with Crippen LogP contribution in [0, 0.1) is 5.82 Å². The Morgan fingerprint density at radius 3 is 2.80 bits per heavy atom. The Bertz CT molecular complexity index is 1070. The molecule has 7 heteroatoms. The number of fused-ring (bicyclic) bond motifs is 1. The highest BCUT2D eigenvalue weighted by Gasteiger charge is 2.15. The van der Waals surface area contributed by atoms with Gasteiger partial charge in [0.15, 0.2) is 0 Å². The first-order chi connectivity index (χ1) is 14.6. The third kappa shape index (κ3) is 4.91. The summed E-state index contributed by atoms with van der Waals surface area (Å²) < 4.78 is 19.9. The number of likely N-dealkylation sites (N-methyl/N-ethyl adjacent to an activating group) is 1. The molecule has 156 valence electrons. The second kappa shape index (κ2) is 9.17. The maximum atomic E-state index is 12.9. The van der Waals surface area contributed by atoms with Gasteiger partial charge >= 0.3 is 0 Å². The number of hydrogen-bond donors (Lipinski definition) is 0. The highest BCUT2D eigenvalue weighted by atomic mass is 19.1. The second-order valence-electron chi connectivity index (χ2n) is 7.48. The lowest BCUT2D eigenvalue weighted by Crippen LogP contribution is -2.30. The van der Waals surface area contributed by atoms with E-state index in [2.05, 4.69) is 40.1 Å². The highest BCUT2D eigenvalue weighted by molar-refractivity contribution is 5.34. The molecule has 2 aromatic heterocycles. The molecule has 1 aliphatic rings. The standard InChI is InChI=1S/C23H25FN4O2/c1-2-27-9-8-18-4-3-17(11-19(18)15-27)7-10-28-23(29)12-22(14-26-28)30-16-21-6-5-20(24)13-25-21/h3-6,11-14H,2,7-10,15-16H2,1H3. The number of aryl methyl sites for hydroxylation is 2. The van der Waals surface area contributed by atoms with Crippen LogP contribution in [-0.2, 0) is 32.5 Å². The molecule has 6 nitrogen and oxygen atoms in total. The molecule has 0 spiro atoms. The summed E-state index contributed by atoms with van der Waals surface area (Å²) in [5.74, 6) is -0.0274. The topological polar surface area (TPSA) is 60.3 Å². The van der Waals surface area contributed by atoms with Gasteiger partial charge in [-0.2, -0.15) is 5.10 Å². The van der Waals surface area contributed by atoms with E-state index in [0.29, 0.717) is 18.0 Å². The van der Waals surface area contributed by atoms with Gasteiger partial charge in [0.2, 0.25) is 0 Å². The average Bonchev–Trinajstić information content (AvgIpc) is 2.77. The second-order valence-corrected chi connectivity index (χ2v) is 7.48. The van der Waals surface area contributed by atoms with Crippen molar-refractivity contribution >= 4 is 0 Å². The van der Waals surface area contributed by atoms with Gasteiger partial charge in [0.05, 0.1) is 18.1 Å². The van der Waals surface area contributed by atoms with Crippen LogP contribution in [0.15, 0.2) is 53.6 Å². The van der Waals surface area contributed by atoms with E-state index < -0.39 is 5.82 Å². The molecule has 0 aliphatic carbocycles. The molecular formula is C23H25FN4O2. The quantitative estimate of drug-likeness (QED) is 0.602. The van der Waals surface area contributed by atoms with Crippen LogP contribution in [0.2, 0.25) is 0 Å². The zero-order valence-electron chi connectivity index (χ0n) is 17.1. The molecule has 0 saturated carbocycles. The molecule has 0 bridgehead atoms. The maximum Gasteiger partial charge on any atom is 0.270 e. The average molecular weight is 408 g/mol. The van der Waals surface area contributed by atoms with E-state index in [-0.39, 0.29) is 12.2 Å². The molecule has 0 atom stereocenters. The molecule has 4 rings (SSSR count). The first-order valence-corrected chi connectivity index (χ1v) is 10.2. The van der Waals surface area contributed by atoms with Gasteiger partial charge in [-0.1, -0.05) is 25.1 Å². The van der Waals surface area contributed by atoms with Crippen LogP contribution in [0.3, 0.4) is 0 Å². The zero-order chi connectivity index (χ0) is 20.9. The van der Waals surface area contributed by atoms with E-state index in [9.17, 15) is 9.18 Å². The predicted octanol–water partition coefficient (Wildman–Crippen LogP) is 2.98. The van der Waals surface area contributed by atoms with Crippen LogP contribution in [0.25, 0.3) is 0 Å². The summed E-state index contributed by atoms with van der Waals surface area (Å²) in [6.45, 7) is 6.02. The van der Waals surface area contributed by atoms with Crippen LogP contribution >= 0.6 is 0 Å². The minimum atomic E-state index is -0.398. The Labute approximate surface area is 174 Å². The summed E-state index contributed by atoms with van der Waals surface area (Å²) >= 11 is 0. The first-order valence-electron chi connectivity index (χ1n) is 10.2. The molecule has 1 aliphatic heterocycles. The fourth-order valence-corrected chi connectivity index (χ4v) is 3.64. The van der Waals surface area contributed by atoms with Gasteiger partial charge in [0.25, 0.3) is 5.56 Å². The SMILES string of the molecule is CCN1CCc2ccc(CCn3ncc(OCc4ccc(F)cn4)cc3=O)cc2C1. The van der Waals surface area contributed by atoms with Crippen LogP contribution < -0.4 is 10.3 Å². The van der Waals surface area contributed by atoms with E-state index >= 15 is 0 Å². The largest absolute Gasteiger partial charge is 0.485 e. The fourth-order valence-electron chi connectivity index (χ4n) is 3.64. The van der Waals surface area contributed by atoms with Crippen molar-refractivity contribution in [1.29, 1.82) is 0 Å². The van der Waals surface area contributed by atoms with Gasteiger partial charge < -0.3 is 4.74 Å². The Kier molecular flexibility index (Phi) is 6.18. The number of hydrogen-bond acceptors (Lipinski definition) is 5. The van der Waals surface area contributed by atoms with Crippen molar-refractivity contribution < 1.29 is 9.13 Å². The highest BCUT2D eigenvalue weighted by Crippen LogP contribution is 2.20. The minimum absolute atomic E-state index is 0.148. The number of benzene rings is 1. The van der Waals surface area contributed by atoms with E-state index in [4.69, 9.17) is 4.74 Å². The Morgan fingerprint density at radius 1 is 1.13 bits per heavy atom. The van der Waals surface area contributed by atoms with Crippen LogP contribution in [0.5, 0.6) is 5.75 Å². The van der Waals surface area contributed by atoms with E-state index in [1.54, 1.807) is 6.07 Å². The third-order valence-electron chi connectivity index (χ3n) is 5.44. The van der Waals surface area contributed by atoms with Crippen LogP contribution in [-0.4, -0.2) is 32.8 Å². The molecule has 0 fully saturated rings. The minimum Gasteiger partial charge on any atom is -0.485 e. The Balaban J connectivity index is 1.36. The van der Waals surface area contributed by atoms with Gasteiger partial charge in [0.1, 0.15) is 18.2 Å². The van der Waals surface area contributed by atoms with Gasteiger partial charge in [-0.3, -0.25) is 14.7 Å². The zero-order valence-corrected chi connectivity index (χ0v) is 17.1. The van der Waals surface area contributed by atoms with Crippen molar-refractivity contribution in [1.82, 2.24) is 19.7 Å². The number of pyridine rings is 1. The summed E-state index contributed by atoms with van der Waals surface area (Å²) in [4.78, 5) is 18.8. The Morgan fingerprint density at radius 2 is 2.03 bits per heavy atom. The van der Waals surface area contributed by atoms with Crippen molar-refractivity contribution in [3.05, 3.63) is 87.3 Å². The van der Waals surface area contributed by atoms with E-state index in [0.717, 1.165) is 38.7 Å². The lowest BCUT2D eigenvalue weighted by Gasteiger charge is -2.27. The lowest BCUT2D eigenvalue weighted by molar-refractivity contribution is 0.268. The smallest absolute Gasteiger partial charge is 0.270 e. The Hall–Kier alpha value is -3.06. The normalized spacial score (nSPS) is 13.8. The number of rotatable bonds is 7. The molecule has 0 radical (unpaired) electrons. The summed E-state index contributed by atoms with van der Waals surface area (Å²) in [7, 11) is 0. The van der Waals surface area contributed by atoms with Crippen molar-refractivity contribution in [3.63, 3.8) is 0 Å². The number of aromatic nitrogens is 3. The number of ether oxygens (including phenoxy) is 1. The molecule has 0 amide bonds. The molecule has 0 unspecified atom stereocenters. The van der Waals surface area contributed by atoms with Crippen LogP contribution in [0.4, 0.5) is 4.39 Å². The maximum absolute atomic E-state index is 12.9. The predicted molar refractivity (Wildman–Crippen MR) is 112 cm³/mol. The first kappa shape index (κ1) is 20.2. The van der Waals surface area contributed by atoms with Gasteiger partial charge in [-0.25, -0.2) is 9.07 Å². The summed E-state index contributed by atoms with van der Waals surface area (Å²) in [5, 5.41) is 4.22. The summed E-state index contributed by atoms with van der Waals surface area (Å²) in [5.41, 5.74) is 4.39. The molecule has 3 heterocycles. The van der Waals surface area contributed by atoms with E-state index in [1.807, 2.05) is 0 Å². The van der Waals surface area contributed by atoms with E-state index in [1.165, 1.54) is 39.7 Å². The number of halogens is 1. The molecular weight excluding hydrogens is 383 g/mol. The fraction of sp³-hybridized carbons (Fsp3) is 0.348. The molecule has 3 aromatic rings. The third-order valence-corrected chi connectivity index (χ3v) is 5.44. The molecule has 1 aromatic carbocycles. The van der Waals surface area contributed by atoms with Crippen molar-refractivity contribution in [2.45, 2.75) is 39.5 Å². The van der Waals surface area contributed by atoms with Crippen molar-refractivity contribution in [2.24, 2.45) is 0 Å².